The Morgan fingerprint density at radius 1 is 1.09 bits per heavy atom. The van der Waals surface area contributed by atoms with Gasteiger partial charge in [0.1, 0.15) is 10.8 Å². The molecule has 0 radical (unpaired) electrons. The number of carbonyl (C=O) groups is 1. The highest BCUT2D eigenvalue weighted by atomic mass is 35.5. The zero-order valence-corrected chi connectivity index (χ0v) is 20.7. The van der Waals surface area contributed by atoms with Crippen LogP contribution in [0.4, 0.5) is 5.13 Å². The zero-order valence-electron chi connectivity index (χ0n) is 19.1. The number of halogens is 1. The maximum atomic E-state index is 12.6. The summed E-state index contributed by atoms with van der Waals surface area (Å²) in [5, 5.41) is 11.9. The first kappa shape index (κ1) is 23.3. The number of aromatic nitrogens is 2. The van der Waals surface area contributed by atoms with Gasteiger partial charge in [-0.2, -0.15) is 0 Å². The van der Waals surface area contributed by atoms with Gasteiger partial charge in [-0.1, -0.05) is 42.2 Å². The van der Waals surface area contributed by atoms with E-state index in [9.17, 15) is 4.79 Å². The second-order valence-electron chi connectivity index (χ2n) is 8.95. The molecule has 2 aliphatic rings. The Hall–Kier alpha value is -1.86. The molecular formula is C24H33ClN4O2S. The lowest BCUT2D eigenvalue weighted by atomic mass is 9.90. The van der Waals surface area contributed by atoms with E-state index in [4.69, 9.17) is 16.3 Å². The monoisotopic (exact) mass is 476 g/mol. The number of piperazine rings is 1. The fraction of sp³-hybridized carbons (Fsp3) is 0.625. The summed E-state index contributed by atoms with van der Waals surface area (Å²) >= 11 is 7.96. The maximum Gasteiger partial charge on any atom is 0.222 e. The molecule has 174 valence electrons. The quantitative estimate of drug-likeness (QED) is 0.503. The number of benzene rings is 1. The van der Waals surface area contributed by atoms with Gasteiger partial charge in [-0.25, -0.2) is 0 Å². The summed E-state index contributed by atoms with van der Waals surface area (Å²) in [6, 6.07) is 3.90. The van der Waals surface area contributed by atoms with Crippen LogP contribution in [0, 0.1) is 13.8 Å². The number of ether oxygens (including phenoxy) is 1. The summed E-state index contributed by atoms with van der Waals surface area (Å²) in [4.78, 5) is 16.9. The van der Waals surface area contributed by atoms with E-state index in [0.29, 0.717) is 25.4 Å². The molecule has 1 saturated heterocycles. The average molecular weight is 477 g/mol. The lowest BCUT2D eigenvalue weighted by Crippen LogP contribution is -2.48. The van der Waals surface area contributed by atoms with E-state index in [1.165, 1.54) is 37.1 Å². The smallest absolute Gasteiger partial charge is 0.222 e. The Kier molecular flexibility index (Phi) is 7.89. The number of anilines is 1. The van der Waals surface area contributed by atoms with Crippen molar-refractivity contribution in [3.63, 3.8) is 0 Å². The number of nitrogens with zero attached hydrogens (tertiary/aromatic N) is 4. The van der Waals surface area contributed by atoms with Gasteiger partial charge in [0.05, 0.1) is 6.61 Å². The van der Waals surface area contributed by atoms with Crippen molar-refractivity contribution in [2.45, 2.75) is 64.7 Å². The largest absolute Gasteiger partial charge is 0.494 e. The lowest BCUT2D eigenvalue weighted by Gasteiger charge is -2.34. The van der Waals surface area contributed by atoms with Crippen LogP contribution in [-0.2, 0) is 4.79 Å². The second kappa shape index (κ2) is 10.8. The van der Waals surface area contributed by atoms with E-state index in [2.05, 4.69) is 15.1 Å². The molecule has 8 heteroatoms. The Labute approximate surface area is 199 Å². The van der Waals surface area contributed by atoms with Crippen LogP contribution >= 0.6 is 22.9 Å². The van der Waals surface area contributed by atoms with Crippen LogP contribution in [-0.4, -0.2) is 53.8 Å². The van der Waals surface area contributed by atoms with Gasteiger partial charge in [0.25, 0.3) is 0 Å². The van der Waals surface area contributed by atoms with E-state index in [1.54, 1.807) is 11.3 Å². The Balaban J connectivity index is 1.18. The van der Waals surface area contributed by atoms with Gasteiger partial charge in [0, 0.05) is 43.5 Å². The molecule has 4 rings (SSSR count). The average Bonchev–Trinajstić information content (AvgIpc) is 3.31. The predicted molar refractivity (Wildman–Crippen MR) is 130 cm³/mol. The Bertz CT molecular complexity index is 897. The fourth-order valence-electron chi connectivity index (χ4n) is 4.58. The number of aryl methyl sites for hydroxylation is 2. The normalized spacial score (nSPS) is 17.6. The van der Waals surface area contributed by atoms with Gasteiger partial charge in [-0.3, -0.25) is 4.79 Å². The van der Waals surface area contributed by atoms with Crippen molar-refractivity contribution >= 4 is 34.0 Å². The molecule has 1 aliphatic carbocycles. The fourth-order valence-corrected chi connectivity index (χ4v) is 5.75. The van der Waals surface area contributed by atoms with Crippen LogP contribution in [0.2, 0.25) is 5.02 Å². The molecule has 32 heavy (non-hydrogen) atoms. The van der Waals surface area contributed by atoms with E-state index in [0.717, 1.165) is 53.2 Å². The molecule has 2 aromatic rings. The van der Waals surface area contributed by atoms with Crippen molar-refractivity contribution in [2.24, 2.45) is 0 Å². The number of hydrogen-bond donors (Lipinski definition) is 0. The third-order valence-electron chi connectivity index (χ3n) is 6.50. The summed E-state index contributed by atoms with van der Waals surface area (Å²) in [6.45, 7) is 7.62. The highest BCUT2D eigenvalue weighted by Crippen LogP contribution is 2.36. The summed E-state index contributed by atoms with van der Waals surface area (Å²) in [5.41, 5.74) is 2.02. The standard InChI is InChI=1S/C24H33ClN4O2S/c1-17-15-20(16-18(2)22(17)25)31-14-6-9-21(30)28-10-12-29(13-11-28)24-27-26-23(32-24)19-7-4-3-5-8-19/h15-16,19H,3-14H2,1-2H3. The first-order valence-corrected chi connectivity index (χ1v) is 13.0. The summed E-state index contributed by atoms with van der Waals surface area (Å²) in [6.07, 6.45) is 7.69. The van der Waals surface area contributed by atoms with E-state index in [-0.39, 0.29) is 5.91 Å². The number of rotatable bonds is 7. The van der Waals surface area contributed by atoms with Gasteiger partial charge in [0.15, 0.2) is 0 Å². The van der Waals surface area contributed by atoms with E-state index >= 15 is 0 Å². The van der Waals surface area contributed by atoms with Gasteiger partial charge in [0.2, 0.25) is 11.0 Å². The molecule has 1 amide bonds. The summed E-state index contributed by atoms with van der Waals surface area (Å²) in [5.74, 6) is 1.62. The number of carbonyl (C=O) groups excluding carboxylic acids is 1. The van der Waals surface area contributed by atoms with Crippen molar-refractivity contribution in [3.05, 3.63) is 33.3 Å². The SMILES string of the molecule is Cc1cc(OCCCC(=O)N2CCN(c3nnc(C4CCCCC4)s3)CC2)cc(C)c1Cl. The van der Waals surface area contributed by atoms with Gasteiger partial charge < -0.3 is 14.5 Å². The first-order chi connectivity index (χ1) is 15.5. The van der Waals surface area contributed by atoms with Crippen molar-refractivity contribution in [1.29, 1.82) is 0 Å². The number of hydrogen-bond acceptors (Lipinski definition) is 6. The van der Waals surface area contributed by atoms with Crippen LogP contribution in [0.1, 0.15) is 67.0 Å². The van der Waals surface area contributed by atoms with E-state index < -0.39 is 0 Å². The molecule has 2 heterocycles. The van der Waals surface area contributed by atoms with Crippen LogP contribution in [0.3, 0.4) is 0 Å². The molecule has 1 aromatic heterocycles. The molecule has 0 bridgehead atoms. The molecule has 0 unspecified atom stereocenters. The predicted octanol–water partition coefficient (Wildman–Crippen LogP) is 5.36. The molecule has 1 aromatic carbocycles. The van der Waals surface area contributed by atoms with Crippen molar-refractivity contribution in [2.75, 3.05) is 37.7 Å². The van der Waals surface area contributed by atoms with Crippen LogP contribution in [0.5, 0.6) is 5.75 Å². The molecule has 0 spiro atoms. The minimum atomic E-state index is 0.205. The third kappa shape index (κ3) is 5.73. The van der Waals surface area contributed by atoms with Crippen molar-refractivity contribution in [3.8, 4) is 5.75 Å². The van der Waals surface area contributed by atoms with Gasteiger partial charge >= 0.3 is 0 Å². The second-order valence-corrected chi connectivity index (χ2v) is 10.3. The van der Waals surface area contributed by atoms with Crippen LogP contribution < -0.4 is 9.64 Å². The molecule has 1 saturated carbocycles. The van der Waals surface area contributed by atoms with Crippen molar-refractivity contribution in [1.82, 2.24) is 15.1 Å². The molecule has 0 N–H and O–H groups in total. The highest BCUT2D eigenvalue weighted by Gasteiger charge is 2.25. The number of amides is 1. The molecule has 1 aliphatic heterocycles. The third-order valence-corrected chi connectivity index (χ3v) is 8.24. The minimum absolute atomic E-state index is 0.205. The minimum Gasteiger partial charge on any atom is -0.494 e. The maximum absolute atomic E-state index is 12.6. The Morgan fingerprint density at radius 3 is 2.47 bits per heavy atom. The van der Waals surface area contributed by atoms with Crippen LogP contribution in [0.15, 0.2) is 12.1 Å². The summed E-state index contributed by atoms with van der Waals surface area (Å²) in [7, 11) is 0. The van der Waals surface area contributed by atoms with E-state index in [1.807, 2.05) is 30.9 Å². The molecule has 0 atom stereocenters. The van der Waals surface area contributed by atoms with Gasteiger partial charge in [-0.15, -0.1) is 10.2 Å². The Morgan fingerprint density at radius 2 is 1.78 bits per heavy atom. The first-order valence-electron chi connectivity index (χ1n) is 11.8. The topological polar surface area (TPSA) is 58.6 Å². The zero-order chi connectivity index (χ0) is 22.5. The van der Waals surface area contributed by atoms with Crippen LogP contribution in [0.25, 0.3) is 0 Å². The molecule has 2 fully saturated rings. The molecule has 6 nitrogen and oxygen atoms in total. The van der Waals surface area contributed by atoms with Crippen molar-refractivity contribution < 1.29 is 9.53 Å². The molecular weight excluding hydrogens is 444 g/mol. The van der Waals surface area contributed by atoms with Gasteiger partial charge in [-0.05, 0) is 56.4 Å². The lowest BCUT2D eigenvalue weighted by molar-refractivity contribution is -0.131. The summed E-state index contributed by atoms with van der Waals surface area (Å²) < 4.78 is 5.84. The highest BCUT2D eigenvalue weighted by molar-refractivity contribution is 7.15.